The summed E-state index contributed by atoms with van der Waals surface area (Å²) in [5.74, 6) is 0.485. The highest BCUT2D eigenvalue weighted by atomic mass is 32.2. The van der Waals surface area contributed by atoms with E-state index in [0.717, 1.165) is 31.2 Å². The summed E-state index contributed by atoms with van der Waals surface area (Å²) in [4.78, 5) is 23.5. The molecule has 3 nitrogen and oxygen atoms in total. The average Bonchev–Trinajstić information content (AvgIpc) is 3.14. The van der Waals surface area contributed by atoms with Gasteiger partial charge in [0.25, 0.3) is 0 Å². The third-order valence-corrected chi connectivity index (χ3v) is 6.62. The molecule has 0 N–H and O–H groups in total. The van der Waals surface area contributed by atoms with Gasteiger partial charge in [0, 0.05) is 15.8 Å². The second-order valence-corrected chi connectivity index (χ2v) is 8.38. The predicted octanol–water partition coefficient (Wildman–Crippen LogP) is 5.95. The number of Topliss-reactive ketones (excluding diaryl/α,β-unsaturated/α-hetero) is 1. The first-order valence-corrected chi connectivity index (χ1v) is 10.5. The molecule has 0 bridgehead atoms. The summed E-state index contributed by atoms with van der Waals surface area (Å²) in [7, 11) is 0. The van der Waals surface area contributed by atoms with E-state index in [2.05, 4.69) is 35.1 Å². The number of rotatable bonds is 5. The fraction of sp³-hybridized carbons (Fsp3) is 0.136. The highest BCUT2D eigenvalue weighted by Crippen LogP contribution is 2.36. The van der Waals surface area contributed by atoms with Crippen LogP contribution in [0.2, 0.25) is 0 Å². The van der Waals surface area contributed by atoms with E-state index in [1.807, 2.05) is 43.3 Å². The van der Waals surface area contributed by atoms with Crippen LogP contribution in [0.25, 0.3) is 20.7 Å². The molecule has 5 heteroatoms. The molecule has 0 aliphatic rings. The van der Waals surface area contributed by atoms with Gasteiger partial charge in [0.05, 0.1) is 5.75 Å². The maximum Gasteiger partial charge on any atom is 0.173 e. The van der Waals surface area contributed by atoms with Gasteiger partial charge in [-0.2, -0.15) is 0 Å². The first kappa shape index (κ1) is 17.9. The number of fused-ring (bicyclic) bond motifs is 1. The lowest BCUT2D eigenvalue weighted by Gasteiger charge is -2.05. The van der Waals surface area contributed by atoms with Gasteiger partial charge >= 0.3 is 0 Å². The molecule has 0 amide bonds. The zero-order chi connectivity index (χ0) is 18.8. The fourth-order valence-corrected chi connectivity index (χ4v) is 4.76. The number of ketones is 1. The molecule has 4 rings (SSSR count). The Labute approximate surface area is 166 Å². The third kappa shape index (κ3) is 3.80. The van der Waals surface area contributed by atoms with Crippen LogP contribution in [0.3, 0.4) is 0 Å². The minimum Gasteiger partial charge on any atom is -0.293 e. The van der Waals surface area contributed by atoms with E-state index in [1.54, 1.807) is 17.7 Å². The molecule has 0 fully saturated rings. The predicted molar refractivity (Wildman–Crippen MR) is 114 cm³/mol. The summed E-state index contributed by atoms with van der Waals surface area (Å²) in [6, 6.07) is 18.2. The van der Waals surface area contributed by atoms with E-state index >= 15 is 0 Å². The number of carbonyl (C=O) groups excluding carboxylic acids is 1. The van der Waals surface area contributed by atoms with Gasteiger partial charge in [0.2, 0.25) is 0 Å². The van der Waals surface area contributed by atoms with Crippen LogP contribution in [0, 0.1) is 13.8 Å². The molecule has 0 radical (unpaired) electrons. The molecule has 27 heavy (non-hydrogen) atoms. The third-order valence-electron chi connectivity index (χ3n) is 4.52. The molecule has 2 heterocycles. The maximum absolute atomic E-state index is 12.6. The monoisotopic (exact) mass is 390 g/mol. The average molecular weight is 391 g/mol. The molecule has 0 aliphatic carbocycles. The van der Waals surface area contributed by atoms with Crippen molar-refractivity contribution in [2.75, 3.05) is 5.75 Å². The Balaban J connectivity index is 1.57. The summed E-state index contributed by atoms with van der Waals surface area (Å²) < 4.78 is 0. The first-order valence-electron chi connectivity index (χ1n) is 8.65. The van der Waals surface area contributed by atoms with Crippen molar-refractivity contribution in [3.8, 4) is 10.4 Å². The second-order valence-electron chi connectivity index (χ2n) is 6.39. The highest BCUT2D eigenvalue weighted by molar-refractivity contribution is 8.00. The van der Waals surface area contributed by atoms with E-state index in [-0.39, 0.29) is 5.78 Å². The smallest absolute Gasteiger partial charge is 0.173 e. The van der Waals surface area contributed by atoms with E-state index in [4.69, 9.17) is 0 Å². The summed E-state index contributed by atoms with van der Waals surface area (Å²) in [6.07, 6.45) is 1.58. The number of thiophene rings is 1. The van der Waals surface area contributed by atoms with Crippen molar-refractivity contribution < 1.29 is 4.79 Å². The Hall–Kier alpha value is -2.50. The number of thioether (sulfide) groups is 1. The molecule has 2 aromatic heterocycles. The molecule has 0 saturated carbocycles. The number of benzene rings is 2. The van der Waals surface area contributed by atoms with Crippen molar-refractivity contribution >= 4 is 39.1 Å². The number of nitrogens with zero attached hydrogens (tertiary/aromatic N) is 2. The number of hydrogen-bond acceptors (Lipinski definition) is 5. The number of hydrogen-bond donors (Lipinski definition) is 0. The Kier molecular flexibility index (Phi) is 5.05. The molecule has 0 unspecified atom stereocenters. The summed E-state index contributed by atoms with van der Waals surface area (Å²) in [6.45, 7) is 4.08. The first-order chi connectivity index (χ1) is 13.1. The van der Waals surface area contributed by atoms with Gasteiger partial charge in [-0.25, -0.2) is 9.97 Å². The van der Waals surface area contributed by atoms with Crippen LogP contribution in [0.4, 0.5) is 0 Å². The van der Waals surface area contributed by atoms with Crippen LogP contribution in [0.5, 0.6) is 0 Å². The Morgan fingerprint density at radius 1 is 1.00 bits per heavy atom. The molecule has 4 aromatic rings. The van der Waals surface area contributed by atoms with Gasteiger partial charge in [-0.1, -0.05) is 54.2 Å². The summed E-state index contributed by atoms with van der Waals surface area (Å²) >= 11 is 3.13. The zero-order valence-corrected chi connectivity index (χ0v) is 16.7. The van der Waals surface area contributed by atoms with Crippen LogP contribution in [-0.2, 0) is 0 Å². The van der Waals surface area contributed by atoms with Crippen LogP contribution < -0.4 is 0 Å². The van der Waals surface area contributed by atoms with Gasteiger partial charge in [-0.3, -0.25) is 4.79 Å². The van der Waals surface area contributed by atoms with Gasteiger partial charge in [-0.15, -0.1) is 11.3 Å². The number of carbonyl (C=O) groups is 1. The second kappa shape index (κ2) is 7.62. The minimum atomic E-state index is 0.119. The molecule has 0 atom stereocenters. The molecule has 0 spiro atoms. The van der Waals surface area contributed by atoms with Crippen molar-refractivity contribution in [2.45, 2.75) is 18.9 Å². The number of aromatic nitrogens is 2. The Morgan fingerprint density at radius 3 is 2.59 bits per heavy atom. The largest absolute Gasteiger partial charge is 0.293 e. The molecule has 0 saturated heterocycles. The van der Waals surface area contributed by atoms with Crippen LogP contribution in [0.1, 0.15) is 21.5 Å². The van der Waals surface area contributed by atoms with Crippen molar-refractivity contribution in [1.82, 2.24) is 9.97 Å². The van der Waals surface area contributed by atoms with Gasteiger partial charge in [-0.05, 0) is 42.7 Å². The number of aryl methyl sites for hydroxylation is 2. The maximum atomic E-state index is 12.6. The van der Waals surface area contributed by atoms with Crippen LogP contribution in [-0.4, -0.2) is 21.5 Å². The SMILES string of the molecule is Cc1ccc(C(=O)CSc2ncnc3sc(-c4ccccc4)cc23)cc1C. The van der Waals surface area contributed by atoms with E-state index < -0.39 is 0 Å². The lowest BCUT2D eigenvalue weighted by molar-refractivity contribution is 0.102. The molecule has 2 aromatic carbocycles. The van der Waals surface area contributed by atoms with Crippen molar-refractivity contribution in [2.24, 2.45) is 0 Å². The molecular formula is C22H18N2OS2. The summed E-state index contributed by atoms with van der Waals surface area (Å²) in [5.41, 5.74) is 4.26. The topological polar surface area (TPSA) is 42.9 Å². The standard InChI is InChI=1S/C22H18N2OS2/c1-14-8-9-17(10-15(14)2)19(25)12-26-21-18-11-20(16-6-4-3-5-7-16)27-22(18)24-13-23-21/h3-11,13H,12H2,1-2H3. The van der Waals surface area contributed by atoms with Gasteiger partial charge in [0.15, 0.2) is 5.78 Å². The normalized spacial score (nSPS) is 11.0. The Morgan fingerprint density at radius 2 is 1.81 bits per heavy atom. The lowest BCUT2D eigenvalue weighted by Crippen LogP contribution is -2.03. The zero-order valence-electron chi connectivity index (χ0n) is 15.1. The van der Waals surface area contributed by atoms with Gasteiger partial charge < -0.3 is 0 Å². The summed E-state index contributed by atoms with van der Waals surface area (Å²) in [5, 5.41) is 1.87. The van der Waals surface area contributed by atoms with Crippen LogP contribution in [0.15, 0.2) is 66.0 Å². The molecule has 0 aliphatic heterocycles. The van der Waals surface area contributed by atoms with E-state index in [0.29, 0.717) is 5.75 Å². The fourth-order valence-electron chi connectivity index (χ4n) is 2.83. The van der Waals surface area contributed by atoms with Crippen molar-refractivity contribution in [3.05, 3.63) is 77.6 Å². The molecule has 134 valence electrons. The minimum absolute atomic E-state index is 0.119. The van der Waals surface area contributed by atoms with Crippen molar-refractivity contribution in [3.63, 3.8) is 0 Å². The van der Waals surface area contributed by atoms with Gasteiger partial charge in [0.1, 0.15) is 16.2 Å². The Bertz CT molecular complexity index is 1120. The van der Waals surface area contributed by atoms with Crippen molar-refractivity contribution in [1.29, 1.82) is 0 Å². The molecular weight excluding hydrogens is 372 g/mol. The quantitative estimate of drug-likeness (QED) is 0.240. The van der Waals surface area contributed by atoms with Crippen LogP contribution >= 0.6 is 23.1 Å². The van der Waals surface area contributed by atoms with E-state index in [9.17, 15) is 4.79 Å². The highest BCUT2D eigenvalue weighted by Gasteiger charge is 2.13. The lowest BCUT2D eigenvalue weighted by atomic mass is 10.0. The van der Waals surface area contributed by atoms with E-state index in [1.165, 1.54) is 22.9 Å².